The van der Waals surface area contributed by atoms with Gasteiger partial charge in [0.1, 0.15) is 5.75 Å². The number of halogens is 1. The van der Waals surface area contributed by atoms with Gasteiger partial charge in [-0.15, -0.1) is 24.0 Å². The monoisotopic (exact) mass is 407 g/mol. The molecule has 0 saturated heterocycles. The zero-order chi connectivity index (χ0) is 14.8. The van der Waals surface area contributed by atoms with E-state index in [-0.39, 0.29) is 30.6 Å². The minimum absolute atomic E-state index is 0. The third-order valence-electron chi connectivity index (χ3n) is 2.84. The van der Waals surface area contributed by atoms with Gasteiger partial charge in [-0.05, 0) is 31.9 Å². The Morgan fingerprint density at radius 1 is 1.33 bits per heavy atom. The molecule has 0 aliphatic heterocycles. The van der Waals surface area contributed by atoms with Crippen LogP contribution in [0.4, 0.5) is 0 Å². The fourth-order valence-electron chi connectivity index (χ4n) is 1.92. The molecule has 0 bridgehead atoms. The number of aliphatic hydroxyl groups is 1. The summed E-state index contributed by atoms with van der Waals surface area (Å²) in [7, 11) is 1.69. The van der Waals surface area contributed by atoms with Crippen LogP contribution in [-0.2, 0) is 6.42 Å². The predicted molar refractivity (Wildman–Crippen MR) is 97.9 cm³/mol. The molecule has 0 atom stereocenters. The van der Waals surface area contributed by atoms with E-state index in [1.807, 2.05) is 19.1 Å². The lowest BCUT2D eigenvalue weighted by atomic mass is 10.1. The van der Waals surface area contributed by atoms with Crippen molar-refractivity contribution in [3.8, 4) is 5.75 Å². The van der Waals surface area contributed by atoms with Crippen LogP contribution in [-0.4, -0.2) is 44.4 Å². The number of guanidine groups is 1. The number of aliphatic imine (C=N–C) groups is 1. The van der Waals surface area contributed by atoms with Crippen LogP contribution in [0.2, 0.25) is 0 Å². The van der Waals surface area contributed by atoms with Crippen LogP contribution in [0.3, 0.4) is 0 Å². The van der Waals surface area contributed by atoms with E-state index in [9.17, 15) is 0 Å². The molecule has 1 aromatic carbocycles. The minimum atomic E-state index is 0. The van der Waals surface area contributed by atoms with Crippen molar-refractivity contribution < 1.29 is 9.84 Å². The Labute approximate surface area is 144 Å². The van der Waals surface area contributed by atoms with Crippen LogP contribution in [0.1, 0.15) is 18.1 Å². The lowest BCUT2D eigenvalue weighted by Gasteiger charge is -2.13. The van der Waals surface area contributed by atoms with Gasteiger partial charge >= 0.3 is 0 Å². The summed E-state index contributed by atoms with van der Waals surface area (Å²) in [6, 6.07) is 6.18. The smallest absolute Gasteiger partial charge is 0.191 e. The fourth-order valence-corrected chi connectivity index (χ4v) is 1.92. The largest absolute Gasteiger partial charge is 0.496 e. The van der Waals surface area contributed by atoms with Gasteiger partial charge in [-0.25, -0.2) is 0 Å². The number of ether oxygens (including phenoxy) is 1. The van der Waals surface area contributed by atoms with Gasteiger partial charge in [0.25, 0.3) is 0 Å². The number of methoxy groups -OCH3 is 1. The van der Waals surface area contributed by atoms with E-state index in [1.165, 1.54) is 11.1 Å². The number of hydrogen-bond acceptors (Lipinski definition) is 3. The van der Waals surface area contributed by atoms with Crippen molar-refractivity contribution in [3.63, 3.8) is 0 Å². The van der Waals surface area contributed by atoms with Gasteiger partial charge < -0.3 is 20.5 Å². The fraction of sp³-hybridized carbons (Fsp3) is 0.533. The van der Waals surface area contributed by atoms with E-state index in [0.717, 1.165) is 31.2 Å². The van der Waals surface area contributed by atoms with Gasteiger partial charge in [0, 0.05) is 13.1 Å². The quantitative estimate of drug-likeness (QED) is 0.366. The third-order valence-corrected chi connectivity index (χ3v) is 2.84. The molecule has 0 aromatic heterocycles. The number of nitrogens with one attached hydrogen (secondary N) is 2. The van der Waals surface area contributed by atoms with Crippen molar-refractivity contribution in [2.24, 2.45) is 4.99 Å². The van der Waals surface area contributed by atoms with Crippen molar-refractivity contribution in [2.45, 2.75) is 20.3 Å². The topological polar surface area (TPSA) is 65.9 Å². The average Bonchev–Trinajstić information content (AvgIpc) is 2.45. The minimum Gasteiger partial charge on any atom is -0.496 e. The second-order valence-electron chi connectivity index (χ2n) is 4.48. The van der Waals surface area contributed by atoms with Gasteiger partial charge in [0.05, 0.1) is 20.3 Å². The number of aliphatic hydroxyl groups excluding tert-OH is 1. The highest BCUT2D eigenvalue weighted by Crippen LogP contribution is 2.19. The molecule has 0 amide bonds. The van der Waals surface area contributed by atoms with E-state index < -0.39 is 0 Å². The highest BCUT2D eigenvalue weighted by molar-refractivity contribution is 14.0. The highest BCUT2D eigenvalue weighted by Gasteiger charge is 2.03. The number of nitrogens with zero attached hydrogens (tertiary/aromatic N) is 1. The Hall–Kier alpha value is -1.02. The summed E-state index contributed by atoms with van der Waals surface area (Å²) < 4.78 is 5.36. The maximum Gasteiger partial charge on any atom is 0.191 e. The normalized spacial score (nSPS) is 10.8. The van der Waals surface area contributed by atoms with Gasteiger partial charge in [0.15, 0.2) is 5.96 Å². The Balaban J connectivity index is 0.00000400. The summed E-state index contributed by atoms with van der Waals surface area (Å²) in [6.07, 6.45) is 0.856. The number of rotatable bonds is 7. The van der Waals surface area contributed by atoms with E-state index >= 15 is 0 Å². The summed E-state index contributed by atoms with van der Waals surface area (Å²) in [6.45, 7) is 6.11. The molecule has 0 fully saturated rings. The molecule has 6 heteroatoms. The molecule has 0 aliphatic rings. The Morgan fingerprint density at radius 3 is 2.71 bits per heavy atom. The molecule has 0 heterocycles. The number of aryl methyl sites for hydroxylation is 1. The van der Waals surface area contributed by atoms with E-state index in [1.54, 1.807) is 7.11 Å². The lowest BCUT2D eigenvalue weighted by Crippen LogP contribution is -2.38. The van der Waals surface area contributed by atoms with Crippen LogP contribution < -0.4 is 15.4 Å². The molecule has 1 aromatic rings. The molecule has 5 nitrogen and oxygen atoms in total. The first-order valence-corrected chi connectivity index (χ1v) is 6.97. The van der Waals surface area contributed by atoms with Crippen molar-refractivity contribution >= 4 is 29.9 Å². The third kappa shape index (κ3) is 7.52. The van der Waals surface area contributed by atoms with Crippen LogP contribution >= 0.6 is 24.0 Å². The second kappa shape index (κ2) is 11.6. The number of benzene rings is 1. The first-order chi connectivity index (χ1) is 9.71. The molecule has 1 rings (SSSR count). The SMILES string of the molecule is CCNC(=NCCO)NCCc1cc(C)ccc1OC.I. The second-order valence-corrected chi connectivity index (χ2v) is 4.48. The average molecular weight is 407 g/mol. The van der Waals surface area contributed by atoms with Crippen LogP contribution in [0.5, 0.6) is 5.75 Å². The predicted octanol–water partition coefficient (Wildman–Crippen LogP) is 1.71. The molecule has 3 N–H and O–H groups in total. The molecule has 0 radical (unpaired) electrons. The standard InChI is InChI=1S/C15H25N3O2.HI/c1-4-16-15(18-9-10-19)17-8-7-13-11-12(2)5-6-14(13)20-3;/h5-6,11,19H,4,7-10H2,1-3H3,(H2,16,17,18);1H. The Morgan fingerprint density at radius 2 is 2.10 bits per heavy atom. The van der Waals surface area contributed by atoms with Crippen molar-refractivity contribution in [1.29, 1.82) is 0 Å². The summed E-state index contributed by atoms with van der Waals surface area (Å²) in [4.78, 5) is 4.24. The first-order valence-electron chi connectivity index (χ1n) is 6.97. The van der Waals surface area contributed by atoms with Crippen molar-refractivity contribution in [2.75, 3.05) is 33.4 Å². The van der Waals surface area contributed by atoms with E-state index in [2.05, 4.69) is 28.6 Å². The molecule has 0 unspecified atom stereocenters. The van der Waals surface area contributed by atoms with Crippen LogP contribution in [0.25, 0.3) is 0 Å². The molecule has 120 valence electrons. The van der Waals surface area contributed by atoms with Gasteiger partial charge in [0.2, 0.25) is 0 Å². The molecule has 0 aliphatic carbocycles. The molecule has 0 saturated carbocycles. The zero-order valence-electron chi connectivity index (χ0n) is 13.0. The van der Waals surface area contributed by atoms with E-state index in [4.69, 9.17) is 9.84 Å². The maximum absolute atomic E-state index is 8.81. The zero-order valence-corrected chi connectivity index (χ0v) is 15.3. The molecular weight excluding hydrogens is 381 g/mol. The van der Waals surface area contributed by atoms with Crippen LogP contribution in [0.15, 0.2) is 23.2 Å². The Kier molecular flexibility index (Phi) is 11.1. The molecule has 21 heavy (non-hydrogen) atoms. The summed E-state index contributed by atoms with van der Waals surface area (Å²) in [5.41, 5.74) is 2.40. The summed E-state index contributed by atoms with van der Waals surface area (Å²) in [5, 5.41) is 15.2. The van der Waals surface area contributed by atoms with Crippen LogP contribution in [0, 0.1) is 6.92 Å². The summed E-state index contributed by atoms with van der Waals surface area (Å²) >= 11 is 0. The van der Waals surface area contributed by atoms with Crippen molar-refractivity contribution in [3.05, 3.63) is 29.3 Å². The summed E-state index contributed by atoms with van der Waals surface area (Å²) in [5.74, 6) is 1.64. The number of hydrogen-bond donors (Lipinski definition) is 3. The van der Waals surface area contributed by atoms with Gasteiger partial charge in [-0.1, -0.05) is 17.7 Å². The molecular formula is C15H26IN3O2. The van der Waals surface area contributed by atoms with Gasteiger partial charge in [-0.2, -0.15) is 0 Å². The first kappa shape index (κ1) is 20.0. The van der Waals surface area contributed by atoms with E-state index in [0.29, 0.717) is 6.54 Å². The highest BCUT2D eigenvalue weighted by atomic mass is 127. The lowest BCUT2D eigenvalue weighted by molar-refractivity contribution is 0.306. The van der Waals surface area contributed by atoms with Crippen molar-refractivity contribution in [1.82, 2.24) is 10.6 Å². The maximum atomic E-state index is 8.81. The van der Waals surface area contributed by atoms with Gasteiger partial charge in [-0.3, -0.25) is 4.99 Å². The molecule has 0 spiro atoms. The Bertz CT molecular complexity index is 439.